The van der Waals surface area contributed by atoms with Crippen molar-refractivity contribution in [3.8, 4) is 17.2 Å². The molecule has 3 atom stereocenters. The van der Waals surface area contributed by atoms with Crippen LogP contribution in [0.2, 0.25) is 0 Å². The van der Waals surface area contributed by atoms with Crippen LogP contribution in [0.5, 0.6) is 17.2 Å². The van der Waals surface area contributed by atoms with Gasteiger partial charge in [-0.2, -0.15) is 0 Å². The number of carbonyl (C=O) groups is 1. The first kappa shape index (κ1) is 19.1. The number of nitrogens with two attached hydrogens (primary N) is 1. The minimum atomic E-state index is -1.27. The molecule has 3 N–H and O–H groups in total. The topological polar surface area (TPSA) is 91.0 Å². The van der Waals surface area contributed by atoms with Gasteiger partial charge in [-0.25, -0.2) is 0 Å². The molecular weight excluding hydrogens is 298 g/mol. The second-order valence-corrected chi connectivity index (χ2v) is 6.14. The molecule has 0 bridgehead atoms. The van der Waals surface area contributed by atoms with Crippen LogP contribution in [0.1, 0.15) is 38.7 Å². The predicted octanol–water partition coefficient (Wildman–Crippen LogP) is 2.64. The van der Waals surface area contributed by atoms with E-state index in [2.05, 4.69) is 0 Å². The lowest BCUT2D eigenvalue weighted by Gasteiger charge is -2.29. The summed E-state index contributed by atoms with van der Waals surface area (Å²) in [4.78, 5) is 11.2. The molecule has 0 aromatic heterocycles. The molecule has 130 valence electrons. The van der Waals surface area contributed by atoms with E-state index in [-0.39, 0.29) is 11.8 Å². The largest absolute Gasteiger partial charge is 0.497 e. The highest BCUT2D eigenvalue weighted by Gasteiger charge is 2.33. The molecule has 0 amide bonds. The maximum absolute atomic E-state index is 11.2. The van der Waals surface area contributed by atoms with Crippen LogP contribution < -0.4 is 19.9 Å². The second-order valence-electron chi connectivity index (χ2n) is 6.14. The standard InChI is InChI=1S/C17H27NO5/c1-10(9-17(3,18)16(19)20)11(2)13-7-12(21-4)8-14(22-5)15(13)23-6/h7-8,10-11H,9,18H2,1-6H3,(H,19,20). The lowest BCUT2D eigenvalue weighted by atomic mass is 9.80. The van der Waals surface area contributed by atoms with E-state index >= 15 is 0 Å². The van der Waals surface area contributed by atoms with Crippen molar-refractivity contribution in [3.05, 3.63) is 17.7 Å². The first-order chi connectivity index (χ1) is 10.7. The van der Waals surface area contributed by atoms with Crippen molar-refractivity contribution in [2.75, 3.05) is 21.3 Å². The molecule has 0 radical (unpaired) electrons. The average molecular weight is 325 g/mol. The van der Waals surface area contributed by atoms with Crippen LogP contribution >= 0.6 is 0 Å². The van der Waals surface area contributed by atoms with Gasteiger partial charge in [-0.1, -0.05) is 13.8 Å². The molecule has 0 heterocycles. The molecule has 6 heteroatoms. The van der Waals surface area contributed by atoms with Gasteiger partial charge in [0.2, 0.25) is 0 Å². The number of benzene rings is 1. The summed E-state index contributed by atoms with van der Waals surface area (Å²) in [7, 11) is 4.73. The Labute approximate surface area is 137 Å². The Morgan fingerprint density at radius 2 is 1.83 bits per heavy atom. The predicted molar refractivity (Wildman–Crippen MR) is 88.5 cm³/mol. The molecule has 6 nitrogen and oxygen atoms in total. The van der Waals surface area contributed by atoms with Gasteiger partial charge in [0.25, 0.3) is 0 Å². The summed E-state index contributed by atoms with van der Waals surface area (Å²) in [6, 6.07) is 3.64. The van der Waals surface area contributed by atoms with Crippen molar-refractivity contribution in [2.24, 2.45) is 11.7 Å². The lowest BCUT2D eigenvalue weighted by molar-refractivity contribution is -0.143. The Kier molecular flexibility index (Phi) is 6.27. The summed E-state index contributed by atoms with van der Waals surface area (Å²) >= 11 is 0. The summed E-state index contributed by atoms with van der Waals surface area (Å²) in [6.45, 7) is 5.52. The monoisotopic (exact) mass is 325 g/mol. The fourth-order valence-corrected chi connectivity index (χ4v) is 2.66. The Balaban J connectivity index is 3.20. The molecule has 0 fully saturated rings. The van der Waals surface area contributed by atoms with Crippen molar-refractivity contribution >= 4 is 5.97 Å². The van der Waals surface area contributed by atoms with E-state index in [0.29, 0.717) is 23.7 Å². The summed E-state index contributed by atoms with van der Waals surface area (Å²) in [6.07, 6.45) is 0.339. The van der Waals surface area contributed by atoms with Crippen LogP contribution in [0, 0.1) is 5.92 Å². The van der Waals surface area contributed by atoms with Crippen molar-refractivity contribution in [1.82, 2.24) is 0 Å². The van der Waals surface area contributed by atoms with E-state index in [4.69, 9.17) is 19.9 Å². The number of rotatable bonds is 8. The van der Waals surface area contributed by atoms with Gasteiger partial charge in [0.15, 0.2) is 11.5 Å². The van der Waals surface area contributed by atoms with E-state index in [0.717, 1.165) is 5.56 Å². The minimum Gasteiger partial charge on any atom is -0.497 e. The first-order valence-corrected chi connectivity index (χ1v) is 7.50. The van der Waals surface area contributed by atoms with Gasteiger partial charge in [0.1, 0.15) is 11.3 Å². The zero-order valence-electron chi connectivity index (χ0n) is 14.7. The van der Waals surface area contributed by atoms with Gasteiger partial charge in [0.05, 0.1) is 21.3 Å². The van der Waals surface area contributed by atoms with Crippen LogP contribution in [-0.4, -0.2) is 37.9 Å². The summed E-state index contributed by atoms with van der Waals surface area (Å²) < 4.78 is 16.2. The molecular formula is C17H27NO5. The highest BCUT2D eigenvalue weighted by molar-refractivity contribution is 5.77. The quantitative estimate of drug-likeness (QED) is 0.763. The molecule has 0 aliphatic rings. The van der Waals surface area contributed by atoms with E-state index in [1.807, 2.05) is 19.9 Å². The van der Waals surface area contributed by atoms with E-state index in [1.54, 1.807) is 27.4 Å². The number of ether oxygens (including phenoxy) is 3. The van der Waals surface area contributed by atoms with Gasteiger partial charge in [-0.3, -0.25) is 4.79 Å². The molecule has 0 saturated heterocycles. The van der Waals surface area contributed by atoms with Crippen LogP contribution in [0.15, 0.2) is 12.1 Å². The van der Waals surface area contributed by atoms with Gasteiger partial charge < -0.3 is 25.1 Å². The molecule has 1 rings (SSSR count). The number of aliphatic carboxylic acids is 1. The van der Waals surface area contributed by atoms with Crippen LogP contribution in [0.3, 0.4) is 0 Å². The third-order valence-electron chi connectivity index (χ3n) is 4.30. The molecule has 0 aliphatic carbocycles. The van der Waals surface area contributed by atoms with E-state index in [9.17, 15) is 9.90 Å². The van der Waals surface area contributed by atoms with Crippen molar-refractivity contribution < 1.29 is 24.1 Å². The van der Waals surface area contributed by atoms with Gasteiger partial charge >= 0.3 is 5.97 Å². The van der Waals surface area contributed by atoms with Crippen LogP contribution in [-0.2, 0) is 4.79 Å². The van der Waals surface area contributed by atoms with E-state index in [1.165, 1.54) is 6.92 Å². The van der Waals surface area contributed by atoms with Crippen molar-refractivity contribution in [3.63, 3.8) is 0 Å². The Morgan fingerprint density at radius 3 is 2.26 bits per heavy atom. The molecule has 0 saturated carbocycles. The highest BCUT2D eigenvalue weighted by atomic mass is 16.5. The number of hydrogen-bond acceptors (Lipinski definition) is 5. The Morgan fingerprint density at radius 1 is 1.22 bits per heavy atom. The molecule has 1 aromatic carbocycles. The zero-order chi connectivity index (χ0) is 17.8. The van der Waals surface area contributed by atoms with Crippen LogP contribution in [0.25, 0.3) is 0 Å². The minimum absolute atomic E-state index is 0.0103. The van der Waals surface area contributed by atoms with Crippen LogP contribution in [0.4, 0.5) is 0 Å². The maximum atomic E-state index is 11.2. The number of carboxylic acids is 1. The third kappa shape index (κ3) is 4.28. The fourth-order valence-electron chi connectivity index (χ4n) is 2.66. The second kappa shape index (κ2) is 7.55. The Bertz CT molecular complexity index is 556. The van der Waals surface area contributed by atoms with Gasteiger partial charge in [-0.15, -0.1) is 0 Å². The lowest BCUT2D eigenvalue weighted by Crippen LogP contribution is -2.46. The maximum Gasteiger partial charge on any atom is 0.323 e. The van der Waals surface area contributed by atoms with Crippen molar-refractivity contribution in [2.45, 2.75) is 38.6 Å². The van der Waals surface area contributed by atoms with E-state index < -0.39 is 11.5 Å². The fraction of sp³-hybridized carbons (Fsp3) is 0.588. The third-order valence-corrected chi connectivity index (χ3v) is 4.30. The molecule has 1 aromatic rings. The highest BCUT2D eigenvalue weighted by Crippen LogP contribution is 2.42. The van der Waals surface area contributed by atoms with Gasteiger partial charge in [-0.05, 0) is 31.2 Å². The molecule has 3 unspecified atom stereocenters. The van der Waals surface area contributed by atoms with Crippen molar-refractivity contribution in [1.29, 1.82) is 0 Å². The number of carboxylic acid groups (broad SMARTS) is 1. The number of methoxy groups -OCH3 is 3. The average Bonchev–Trinajstić information content (AvgIpc) is 2.51. The first-order valence-electron chi connectivity index (χ1n) is 7.50. The smallest absolute Gasteiger partial charge is 0.323 e. The molecule has 0 aliphatic heterocycles. The zero-order valence-corrected chi connectivity index (χ0v) is 14.7. The normalized spacial score (nSPS) is 16.1. The summed E-state index contributed by atoms with van der Waals surface area (Å²) in [5.74, 6) is 0.886. The molecule has 23 heavy (non-hydrogen) atoms. The van der Waals surface area contributed by atoms with Gasteiger partial charge in [0, 0.05) is 11.6 Å². The number of hydrogen-bond donors (Lipinski definition) is 2. The summed E-state index contributed by atoms with van der Waals surface area (Å²) in [5, 5.41) is 9.22. The Hall–Kier alpha value is -1.95. The molecule has 0 spiro atoms. The summed E-state index contributed by atoms with van der Waals surface area (Å²) in [5.41, 5.74) is 5.51. The SMILES string of the molecule is COc1cc(OC)c(OC)c(C(C)C(C)CC(C)(N)C(=O)O)c1.